The number of para-hydroxylation sites is 2. The predicted molar refractivity (Wildman–Crippen MR) is 188 cm³/mol. The number of nitrogens with zero attached hydrogens (tertiary/aromatic N) is 6. The molecule has 0 unspecified atom stereocenters. The number of halogens is 1. The van der Waals surface area contributed by atoms with Gasteiger partial charge in [0.15, 0.2) is 5.82 Å². The van der Waals surface area contributed by atoms with Crippen molar-refractivity contribution in [2.45, 2.75) is 32.7 Å². The Labute approximate surface area is 284 Å². The van der Waals surface area contributed by atoms with Crippen molar-refractivity contribution in [1.29, 1.82) is 0 Å². The zero-order chi connectivity index (χ0) is 33.9. The van der Waals surface area contributed by atoms with Gasteiger partial charge in [0.1, 0.15) is 11.4 Å². The highest BCUT2D eigenvalue weighted by atomic mass is 19.1. The van der Waals surface area contributed by atoms with Crippen LogP contribution in [-0.4, -0.2) is 88.0 Å². The van der Waals surface area contributed by atoms with Gasteiger partial charge >= 0.3 is 0 Å². The summed E-state index contributed by atoms with van der Waals surface area (Å²) < 4.78 is 24.0. The molecule has 1 N–H and O–H groups in total. The minimum absolute atomic E-state index is 0.0291. The van der Waals surface area contributed by atoms with Crippen molar-refractivity contribution in [1.82, 2.24) is 29.8 Å². The number of hydrogen-bond donors (Lipinski definition) is 1. The summed E-state index contributed by atoms with van der Waals surface area (Å²) in [5, 5.41) is 8.35. The number of H-pyrrole nitrogens is 1. The molecule has 0 spiro atoms. The van der Waals surface area contributed by atoms with Crippen LogP contribution in [0.3, 0.4) is 0 Å². The van der Waals surface area contributed by atoms with Crippen LogP contribution in [-0.2, 0) is 17.8 Å². The molecule has 2 aromatic heterocycles. The fourth-order valence-corrected chi connectivity index (χ4v) is 7.01. The van der Waals surface area contributed by atoms with E-state index in [0.29, 0.717) is 55.0 Å². The third-order valence-electron chi connectivity index (χ3n) is 9.64. The molecule has 10 nitrogen and oxygen atoms in total. The van der Waals surface area contributed by atoms with E-state index < -0.39 is 5.82 Å². The third-order valence-corrected chi connectivity index (χ3v) is 9.64. The highest BCUT2D eigenvalue weighted by Crippen LogP contribution is 2.40. The van der Waals surface area contributed by atoms with Gasteiger partial charge in [-0.15, -0.1) is 5.10 Å². The van der Waals surface area contributed by atoms with Crippen molar-refractivity contribution in [2.24, 2.45) is 0 Å². The molecular formula is C38H40FN7O3. The number of hydrogen-bond acceptors (Lipinski definition) is 6. The molecule has 252 valence electrons. The Hall–Kier alpha value is -5.45. The van der Waals surface area contributed by atoms with E-state index in [9.17, 15) is 9.59 Å². The van der Waals surface area contributed by atoms with Crippen LogP contribution in [0.5, 0.6) is 5.75 Å². The Morgan fingerprint density at radius 2 is 1.73 bits per heavy atom. The molecule has 0 aliphatic carbocycles. The van der Waals surface area contributed by atoms with Gasteiger partial charge in [-0.2, -0.15) is 0 Å². The Balaban J connectivity index is 1.19. The van der Waals surface area contributed by atoms with Crippen molar-refractivity contribution < 1.29 is 18.7 Å². The number of anilines is 1. The lowest BCUT2D eigenvalue weighted by molar-refractivity contribution is -0.131. The maximum Gasteiger partial charge on any atom is 0.270 e. The summed E-state index contributed by atoms with van der Waals surface area (Å²) in [5.74, 6) is 0.00414. The predicted octanol–water partition coefficient (Wildman–Crippen LogP) is 5.80. The van der Waals surface area contributed by atoms with Crippen molar-refractivity contribution in [2.75, 3.05) is 51.3 Å². The fourth-order valence-electron chi connectivity index (χ4n) is 7.01. The Morgan fingerprint density at radius 3 is 2.51 bits per heavy atom. The van der Waals surface area contributed by atoms with Gasteiger partial charge < -0.3 is 24.4 Å². The molecular weight excluding hydrogens is 621 g/mol. The molecule has 1 saturated heterocycles. The summed E-state index contributed by atoms with van der Waals surface area (Å²) in [6, 6.07) is 19.6. The lowest BCUT2D eigenvalue weighted by Crippen LogP contribution is -2.49. The highest BCUT2D eigenvalue weighted by Gasteiger charge is 2.28. The van der Waals surface area contributed by atoms with Crippen LogP contribution in [0.1, 0.15) is 41.4 Å². The van der Waals surface area contributed by atoms with Crippen LogP contribution in [0.25, 0.3) is 27.6 Å². The van der Waals surface area contributed by atoms with Gasteiger partial charge in [-0.3, -0.25) is 14.3 Å². The molecule has 4 heterocycles. The second-order valence-corrected chi connectivity index (χ2v) is 12.5. The summed E-state index contributed by atoms with van der Waals surface area (Å²) in [4.78, 5) is 36.2. The van der Waals surface area contributed by atoms with Gasteiger partial charge in [0.2, 0.25) is 5.91 Å². The number of carbonyl (C=O) groups is 2. The molecule has 5 aromatic rings. The molecule has 0 atom stereocenters. The van der Waals surface area contributed by atoms with Gasteiger partial charge in [-0.1, -0.05) is 54.6 Å². The zero-order valence-electron chi connectivity index (χ0n) is 27.9. The molecule has 1 fully saturated rings. The largest absolute Gasteiger partial charge is 0.496 e. The number of methoxy groups -OCH3 is 1. The number of fused-ring (bicyclic) bond motifs is 1. The molecule has 7 rings (SSSR count). The Morgan fingerprint density at radius 1 is 0.939 bits per heavy atom. The van der Waals surface area contributed by atoms with Crippen molar-refractivity contribution in [3.05, 3.63) is 102 Å². The van der Waals surface area contributed by atoms with E-state index in [1.807, 2.05) is 41.3 Å². The number of amides is 2. The van der Waals surface area contributed by atoms with Crippen LogP contribution < -0.4 is 9.64 Å². The molecule has 0 bridgehead atoms. The number of carbonyl (C=O) groups excluding carboxylic acids is 2. The topological polar surface area (TPSA) is 99.6 Å². The monoisotopic (exact) mass is 661 g/mol. The molecule has 3 aromatic carbocycles. The summed E-state index contributed by atoms with van der Waals surface area (Å²) in [6.07, 6.45) is 7.13. The number of aryl methyl sites for hydroxylation is 2. The van der Waals surface area contributed by atoms with Crippen LogP contribution in [0.2, 0.25) is 0 Å². The number of aromatic amines is 1. The highest BCUT2D eigenvalue weighted by molar-refractivity contribution is 6.05. The number of rotatable bonds is 9. The molecule has 2 amide bonds. The van der Waals surface area contributed by atoms with Crippen LogP contribution in [0.4, 0.5) is 10.1 Å². The quantitative estimate of drug-likeness (QED) is 0.214. The van der Waals surface area contributed by atoms with Crippen molar-refractivity contribution in [3.63, 3.8) is 0 Å². The first kappa shape index (κ1) is 32.1. The molecule has 49 heavy (non-hydrogen) atoms. The smallest absolute Gasteiger partial charge is 0.270 e. The van der Waals surface area contributed by atoms with Crippen LogP contribution in [0, 0.1) is 5.82 Å². The maximum atomic E-state index is 16.7. The molecule has 11 heteroatoms. The molecule has 2 aliphatic rings. The lowest BCUT2D eigenvalue weighted by atomic mass is 9.93. The average molecular weight is 662 g/mol. The molecule has 0 radical (unpaired) electrons. The average Bonchev–Trinajstić information content (AvgIpc) is 3.85. The van der Waals surface area contributed by atoms with Gasteiger partial charge in [0, 0.05) is 74.1 Å². The van der Waals surface area contributed by atoms with E-state index in [-0.39, 0.29) is 30.3 Å². The van der Waals surface area contributed by atoms with E-state index in [4.69, 9.17) is 4.74 Å². The standard InChI is InChI=1S/C38H40FN7O3/c1-3-26-9-4-6-12-33(26)43-19-21-44(22-20-43)38(48)32-24-31-30(28-11-5-7-13-34(28)49-2)23-29(36(39)37(31)41-32)27-10-8-16-45(25-27)35(47)14-17-46-18-15-40-42-46/h4-7,9-13,15,18,23-24,41H,3,8,14,16-17,19-22,25H2,1-2H3. The number of aromatic nitrogens is 4. The minimum Gasteiger partial charge on any atom is -0.496 e. The second-order valence-electron chi connectivity index (χ2n) is 12.5. The number of benzene rings is 3. The summed E-state index contributed by atoms with van der Waals surface area (Å²) >= 11 is 0. The van der Waals surface area contributed by atoms with Gasteiger partial charge in [-0.25, -0.2) is 4.39 Å². The third kappa shape index (κ3) is 6.40. The van der Waals surface area contributed by atoms with Gasteiger partial charge in [0.25, 0.3) is 5.91 Å². The number of nitrogens with one attached hydrogen (secondary N) is 1. The minimum atomic E-state index is -0.447. The van der Waals surface area contributed by atoms with E-state index >= 15 is 4.39 Å². The van der Waals surface area contributed by atoms with E-state index in [0.717, 1.165) is 36.2 Å². The first-order valence-electron chi connectivity index (χ1n) is 16.9. The van der Waals surface area contributed by atoms with Gasteiger partial charge in [-0.05, 0) is 53.8 Å². The van der Waals surface area contributed by atoms with E-state index in [1.54, 1.807) is 35.2 Å². The molecule has 0 saturated carbocycles. The number of piperazine rings is 1. The normalized spacial score (nSPS) is 15.1. The summed E-state index contributed by atoms with van der Waals surface area (Å²) in [7, 11) is 1.61. The molecule has 2 aliphatic heterocycles. The van der Waals surface area contributed by atoms with Crippen molar-refractivity contribution >= 4 is 34.0 Å². The summed E-state index contributed by atoms with van der Waals surface area (Å²) in [5.41, 5.74) is 5.75. The number of ether oxygens (including phenoxy) is 1. The van der Waals surface area contributed by atoms with Crippen LogP contribution in [0.15, 0.2) is 79.1 Å². The Bertz CT molecular complexity index is 2010. The Kier molecular flexibility index (Phi) is 9.15. The first-order valence-corrected chi connectivity index (χ1v) is 16.9. The SMILES string of the molecule is CCc1ccccc1N1CCN(C(=O)c2cc3c(-c4ccccc4OC)cc(C4=CCCN(C(=O)CCn5ccnn5)C4)c(F)c3[nH]2)CC1. The maximum absolute atomic E-state index is 16.7. The van der Waals surface area contributed by atoms with Crippen molar-refractivity contribution in [3.8, 4) is 16.9 Å². The fraction of sp³-hybridized carbons (Fsp3) is 0.316. The van der Waals surface area contributed by atoms with Gasteiger partial charge in [0.05, 0.1) is 25.4 Å². The van der Waals surface area contributed by atoms with E-state index in [1.165, 1.54) is 11.3 Å². The first-order chi connectivity index (χ1) is 23.9. The summed E-state index contributed by atoms with van der Waals surface area (Å²) in [6.45, 7) is 5.98. The lowest BCUT2D eigenvalue weighted by Gasteiger charge is -2.36. The second kappa shape index (κ2) is 14.0. The van der Waals surface area contributed by atoms with E-state index in [2.05, 4.69) is 51.4 Å². The van der Waals surface area contributed by atoms with Crippen LogP contribution >= 0.6 is 0 Å². The zero-order valence-corrected chi connectivity index (χ0v) is 27.9.